The van der Waals surface area contributed by atoms with Crippen molar-refractivity contribution >= 4 is 38.6 Å². The van der Waals surface area contributed by atoms with E-state index in [0.717, 1.165) is 38.5 Å². The highest BCUT2D eigenvalue weighted by atomic mass is 15.0. The standard InChI is InChI=1S/C78H69N/c1-50-61-22-10-12-24-63(61)65-26-14-15-28-70(65)77(50)71-45-41-58(62-23-11-13-25-64(62)71)46-72(55-36-34-54(35-37-55)53-32-30-52(31-33-53)51-18-6-4-7-19-51)59-40-43-67-66-42-38-56(47-73(66)78(2,3)74(67)48-59)57-39-44-69-68-27-16-17-29-75(68)79(76(69)49-57)60-20-8-5-9-21-60/h4-8,10-20,22-29,32,34-39,41-45,47-50,52,59,62,64,72,77H,9,21,30-31,33,40,46H2,1-3H3. The molecule has 7 atom stereocenters. The average molecular weight is 1020 g/mol. The highest BCUT2D eigenvalue weighted by molar-refractivity contribution is 6.11. The van der Waals surface area contributed by atoms with E-state index in [-0.39, 0.29) is 5.41 Å². The number of nitrogens with zero attached hydrogens (tertiary/aromatic N) is 1. The van der Waals surface area contributed by atoms with Gasteiger partial charge in [0.25, 0.3) is 0 Å². The fraction of sp³-hybridized carbons (Fsp3) is 0.231. The number of allylic oxidation sites excluding steroid dienone is 18. The average Bonchev–Trinajstić information content (AvgIpc) is 4.09. The molecular formula is C78H69N. The third-order valence-corrected chi connectivity index (χ3v) is 19.9. The Kier molecular flexibility index (Phi) is 11.8. The van der Waals surface area contributed by atoms with Gasteiger partial charge in [0.1, 0.15) is 0 Å². The van der Waals surface area contributed by atoms with Gasteiger partial charge < -0.3 is 4.57 Å². The van der Waals surface area contributed by atoms with Gasteiger partial charge in [-0.1, -0.05) is 244 Å². The minimum Gasteiger partial charge on any atom is -0.313 e. The zero-order valence-corrected chi connectivity index (χ0v) is 46.0. The smallest absolute Gasteiger partial charge is 0.0544 e. The van der Waals surface area contributed by atoms with Gasteiger partial charge in [-0.2, -0.15) is 0 Å². The van der Waals surface area contributed by atoms with Crippen molar-refractivity contribution in [3.05, 3.63) is 292 Å². The summed E-state index contributed by atoms with van der Waals surface area (Å²) in [5, 5.41) is 2.64. The van der Waals surface area contributed by atoms with E-state index in [2.05, 4.69) is 262 Å². The molecule has 0 spiro atoms. The molecule has 79 heavy (non-hydrogen) atoms. The number of hydrogen-bond donors (Lipinski definition) is 0. The predicted octanol–water partition coefficient (Wildman–Crippen LogP) is 20.6. The molecule has 0 saturated carbocycles. The van der Waals surface area contributed by atoms with Crippen LogP contribution >= 0.6 is 0 Å². The summed E-state index contributed by atoms with van der Waals surface area (Å²) in [4.78, 5) is 0. The summed E-state index contributed by atoms with van der Waals surface area (Å²) in [6.45, 7) is 7.44. The van der Waals surface area contributed by atoms with E-state index >= 15 is 0 Å². The van der Waals surface area contributed by atoms with Crippen LogP contribution in [-0.2, 0) is 5.41 Å². The summed E-state index contributed by atoms with van der Waals surface area (Å²) >= 11 is 0. The summed E-state index contributed by atoms with van der Waals surface area (Å²) in [6.07, 6.45) is 37.2. The monoisotopic (exact) mass is 1020 g/mol. The summed E-state index contributed by atoms with van der Waals surface area (Å²) < 4.78 is 2.52. The molecular weight excluding hydrogens is 951 g/mol. The van der Waals surface area contributed by atoms with E-state index in [1.807, 2.05) is 0 Å². The molecule has 7 aromatic carbocycles. The predicted molar refractivity (Wildman–Crippen MR) is 334 cm³/mol. The first kappa shape index (κ1) is 48.2. The van der Waals surface area contributed by atoms with Gasteiger partial charge in [-0.3, -0.25) is 0 Å². The van der Waals surface area contributed by atoms with Crippen molar-refractivity contribution < 1.29 is 0 Å². The van der Waals surface area contributed by atoms with Crippen LogP contribution in [0, 0.1) is 17.8 Å². The van der Waals surface area contributed by atoms with E-state index in [4.69, 9.17) is 0 Å². The lowest BCUT2D eigenvalue weighted by Crippen LogP contribution is -2.28. The lowest BCUT2D eigenvalue weighted by molar-refractivity contribution is 0.451. The molecule has 7 aliphatic carbocycles. The Bertz CT molecular complexity index is 4050. The second-order valence-electron chi connectivity index (χ2n) is 24.4. The van der Waals surface area contributed by atoms with Gasteiger partial charge in [0, 0.05) is 39.6 Å². The van der Waals surface area contributed by atoms with E-state index in [0.29, 0.717) is 41.4 Å². The normalized spacial score (nSPS) is 23.7. The molecule has 386 valence electrons. The van der Waals surface area contributed by atoms with Crippen LogP contribution in [0.25, 0.3) is 60.9 Å². The molecule has 0 radical (unpaired) electrons. The van der Waals surface area contributed by atoms with E-state index in [1.165, 1.54) is 112 Å². The van der Waals surface area contributed by atoms with Gasteiger partial charge in [0.2, 0.25) is 0 Å². The molecule has 8 aromatic rings. The first-order chi connectivity index (χ1) is 38.9. The van der Waals surface area contributed by atoms with Crippen LogP contribution in [-0.4, -0.2) is 4.57 Å². The third-order valence-electron chi connectivity index (χ3n) is 19.9. The minimum atomic E-state index is -0.150. The minimum absolute atomic E-state index is 0.150. The van der Waals surface area contributed by atoms with E-state index < -0.39 is 0 Å². The molecule has 7 unspecified atom stereocenters. The van der Waals surface area contributed by atoms with Gasteiger partial charge in [0.05, 0.1) is 11.0 Å². The number of rotatable bonds is 9. The molecule has 0 aliphatic heterocycles. The first-order valence-electron chi connectivity index (χ1n) is 29.6. The maximum absolute atomic E-state index is 2.74. The van der Waals surface area contributed by atoms with Crippen LogP contribution in [0.4, 0.5) is 0 Å². The topological polar surface area (TPSA) is 4.93 Å². The molecule has 1 nitrogen and oxygen atoms in total. The number of fused-ring (bicyclic) bond motifs is 10. The summed E-state index contributed by atoms with van der Waals surface area (Å²) in [7, 11) is 0. The van der Waals surface area contributed by atoms with Gasteiger partial charge >= 0.3 is 0 Å². The van der Waals surface area contributed by atoms with Crippen molar-refractivity contribution in [1.82, 2.24) is 4.57 Å². The molecule has 0 N–H and O–H groups in total. The molecule has 0 amide bonds. The number of benzene rings is 7. The summed E-state index contributed by atoms with van der Waals surface area (Å²) in [6, 6.07) is 62.9. The van der Waals surface area contributed by atoms with Crippen molar-refractivity contribution in [1.29, 1.82) is 0 Å². The van der Waals surface area contributed by atoms with Crippen LogP contribution in [0.2, 0.25) is 0 Å². The number of aromatic nitrogens is 1. The Labute approximate surface area is 467 Å². The van der Waals surface area contributed by atoms with E-state index in [1.54, 1.807) is 11.1 Å². The van der Waals surface area contributed by atoms with Crippen LogP contribution in [0.1, 0.15) is 128 Å². The fourth-order valence-electron chi connectivity index (χ4n) is 15.8. The van der Waals surface area contributed by atoms with Gasteiger partial charge in [0.15, 0.2) is 0 Å². The molecule has 1 heteroatoms. The SMILES string of the molecule is CC1c2ccccc2-c2ccccc2C1C1=CC=C(CC(c2ccc(C3=CCC(c4ccccc4)CC3)cc2)C2C=C3C(=CC2)c2ccc(-c4ccc5c6ccccc6n(C6=CC=CCC6)c5c4)cc2C3(C)C)C2C=CC=CC12. The maximum atomic E-state index is 2.74. The van der Waals surface area contributed by atoms with Crippen molar-refractivity contribution in [2.75, 3.05) is 0 Å². The molecule has 0 fully saturated rings. The van der Waals surface area contributed by atoms with Crippen molar-refractivity contribution in [2.45, 2.75) is 94.8 Å². The van der Waals surface area contributed by atoms with E-state index in [9.17, 15) is 0 Å². The number of para-hydroxylation sites is 1. The molecule has 7 aliphatic rings. The Morgan fingerprint density at radius 3 is 2.13 bits per heavy atom. The first-order valence-corrected chi connectivity index (χ1v) is 29.6. The zero-order valence-electron chi connectivity index (χ0n) is 46.0. The van der Waals surface area contributed by atoms with Crippen molar-refractivity contribution in [3.63, 3.8) is 0 Å². The Hall–Kier alpha value is -8.00. The summed E-state index contributed by atoms with van der Waals surface area (Å²) in [5.74, 6) is 2.59. The lowest BCUT2D eigenvalue weighted by atomic mass is 9.62. The lowest BCUT2D eigenvalue weighted by Gasteiger charge is -2.42. The van der Waals surface area contributed by atoms with Crippen LogP contribution in [0.15, 0.2) is 253 Å². The van der Waals surface area contributed by atoms with Crippen molar-refractivity contribution in [2.24, 2.45) is 17.8 Å². The number of hydrogen-bond acceptors (Lipinski definition) is 0. The summed E-state index contributed by atoms with van der Waals surface area (Å²) in [5.41, 5.74) is 26.8. The van der Waals surface area contributed by atoms with Gasteiger partial charge in [-0.15, -0.1) is 0 Å². The van der Waals surface area contributed by atoms with Gasteiger partial charge in [-0.05, 0) is 171 Å². The highest BCUT2D eigenvalue weighted by Crippen LogP contribution is 2.57. The maximum Gasteiger partial charge on any atom is 0.0544 e. The second-order valence-corrected chi connectivity index (χ2v) is 24.4. The van der Waals surface area contributed by atoms with Gasteiger partial charge in [-0.25, -0.2) is 0 Å². The molecule has 0 saturated heterocycles. The largest absolute Gasteiger partial charge is 0.313 e. The molecule has 15 rings (SSSR count). The van der Waals surface area contributed by atoms with Crippen LogP contribution in [0.5, 0.6) is 0 Å². The molecule has 1 heterocycles. The fourth-order valence-corrected chi connectivity index (χ4v) is 15.8. The quantitative estimate of drug-likeness (QED) is 0.136. The zero-order chi connectivity index (χ0) is 52.8. The van der Waals surface area contributed by atoms with Crippen molar-refractivity contribution in [3.8, 4) is 22.3 Å². The Balaban J connectivity index is 0.786. The molecule has 1 aromatic heterocycles. The molecule has 0 bridgehead atoms. The third kappa shape index (κ3) is 8.09. The second kappa shape index (κ2) is 19.4. The highest BCUT2D eigenvalue weighted by Gasteiger charge is 2.43. The van der Waals surface area contributed by atoms with Crippen LogP contribution in [0.3, 0.4) is 0 Å². The Morgan fingerprint density at radius 2 is 1.32 bits per heavy atom. The van der Waals surface area contributed by atoms with Crippen LogP contribution < -0.4 is 0 Å². The Morgan fingerprint density at radius 1 is 0.595 bits per heavy atom.